The van der Waals surface area contributed by atoms with Crippen LogP contribution in [0.1, 0.15) is 16.8 Å². The lowest BCUT2D eigenvalue weighted by molar-refractivity contribution is 0.794. The summed E-state index contributed by atoms with van der Waals surface area (Å²) < 4.78 is 1.82. The number of rotatable bonds is 4. The van der Waals surface area contributed by atoms with E-state index in [2.05, 4.69) is 41.5 Å². The Kier molecular flexibility index (Phi) is 3.59. The summed E-state index contributed by atoms with van der Waals surface area (Å²) in [5.74, 6) is 0. The first kappa shape index (κ1) is 12.6. The standard InChI is InChI=1S/C17H17N3/c1-14-7-9-15(10-8-14)11-12-16-13-20(19-18-16)17-5-3-2-4-6-17/h2-10,13H,11-12H2,1H3. The van der Waals surface area contributed by atoms with Crippen molar-refractivity contribution in [2.45, 2.75) is 19.8 Å². The Hall–Kier alpha value is -2.42. The fourth-order valence-electron chi connectivity index (χ4n) is 2.15. The summed E-state index contributed by atoms with van der Waals surface area (Å²) in [5.41, 5.74) is 4.70. The van der Waals surface area contributed by atoms with Gasteiger partial charge in [-0.05, 0) is 37.5 Å². The average molecular weight is 263 g/mol. The third-order valence-electron chi connectivity index (χ3n) is 3.35. The molecule has 3 heteroatoms. The molecule has 0 atom stereocenters. The molecule has 100 valence electrons. The SMILES string of the molecule is Cc1ccc(CCc2cn(-c3ccccc3)nn2)cc1. The minimum atomic E-state index is 0.913. The van der Waals surface area contributed by atoms with Gasteiger partial charge in [-0.3, -0.25) is 0 Å². The van der Waals surface area contributed by atoms with Crippen molar-refractivity contribution in [3.63, 3.8) is 0 Å². The molecule has 0 N–H and O–H groups in total. The summed E-state index contributed by atoms with van der Waals surface area (Å²) >= 11 is 0. The van der Waals surface area contributed by atoms with Crippen molar-refractivity contribution in [3.05, 3.63) is 77.6 Å². The van der Waals surface area contributed by atoms with Crippen LogP contribution in [-0.4, -0.2) is 15.0 Å². The van der Waals surface area contributed by atoms with Gasteiger partial charge in [0, 0.05) is 0 Å². The van der Waals surface area contributed by atoms with Crippen molar-refractivity contribution in [1.29, 1.82) is 0 Å². The predicted molar refractivity (Wildman–Crippen MR) is 79.9 cm³/mol. The lowest BCUT2D eigenvalue weighted by atomic mass is 10.1. The molecular formula is C17H17N3. The number of hydrogen-bond acceptors (Lipinski definition) is 2. The van der Waals surface area contributed by atoms with E-state index in [4.69, 9.17) is 0 Å². The van der Waals surface area contributed by atoms with Gasteiger partial charge in [-0.1, -0.05) is 53.2 Å². The molecule has 2 aromatic carbocycles. The topological polar surface area (TPSA) is 30.7 Å². The second kappa shape index (κ2) is 5.70. The molecule has 3 rings (SSSR count). The summed E-state index contributed by atoms with van der Waals surface area (Å²) in [7, 11) is 0. The average Bonchev–Trinajstić information content (AvgIpc) is 2.97. The van der Waals surface area contributed by atoms with Gasteiger partial charge in [-0.15, -0.1) is 5.10 Å². The van der Waals surface area contributed by atoms with Crippen molar-refractivity contribution in [3.8, 4) is 5.69 Å². The fourth-order valence-corrected chi connectivity index (χ4v) is 2.15. The molecule has 0 bridgehead atoms. The Morgan fingerprint density at radius 1 is 0.900 bits per heavy atom. The van der Waals surface area contributed by atoms with E-state index in [1.54, 1.807) is 0 Å². The molecule has 1 heterocycles. The molecule has 0 aliphatic carbocycles. The summed E-state index contributed by atoms with van der Waals surface area (Å²) in [4.78, 5) is 0. The molecule has 0 aliphatic heterocycles. The van der Waals surface area contributed by atoms with E-state index in [-0.39, 0.29) is 0 Å². The number of benzene rings is 2. The van der Waals surface area contributed by atoms with Gasteiger partial charge in [0.05, 0.1) is 17.6 Å². The smallest absolute Gasteiger partial charge is 0.0835 e. The molecule has 3 nitrogen and oxygen atoms in total. The Morgan fingerprint density at radius 3 is 2.40 bits per heavy atom. The largest absolute Gasteiger partial charge is 0.220 e. The lowest BCUT2D eigenvalue weighted by Gasteiger charge is -2.00. The van der Waals surface area contributed by atoms with E-state index in [0.29, 0.717) is 0 Å². The molecule has 0 unspecified atom stereocenters. The zero-order chi connectivity index (χ0) is 13.8. The van der Waals surface area contributed by atoms with Gasteiger partial charge in [-0.2, -0.15) is 0 Å². The zero-order valence-electron chi connectivity index (χ0n) is 11.5. The van der Waals surface area contributed by atoms with Gasteiger partial charge in [0.1, 0.15) is 0 Å². The van der Waals surface area contributed by atoms with Crippen LogP contribution in [0.4, 0.5) is 0 Å². The van der Waals surface area contributed by atoms with Crippen LogP contribution >= 0.6 is 0 Å². The summed E-state index contributed by atoms with van der Waals surface area (Å²) in [6.07, 6.45) is 3.91. The van der Waals surface area contributed by atoms with Crippen LogP contribution in [0.2, 0.25) is 0 Å². The summed E-state index contributed by atoms with van der Waals surface area (Å²) in [6.45, 7) is 2.11. The molecule has 0 saturated heterocycles. The van der Waals surface area contributed by atoms with E-state index in [9.17, 15) is 0 Å². The Bertz CT molecular complexity index is 669. The van der Waals surface area contributed by atoms with E-state index in [1.165, 1.54) is 11.1 Å². The Balaban J connectivity index is 1.67. The first-order valence-electron chi connectivity index (χ1n) is 6.83. The Morgan fingerprint density at radius 2 is 1.65 bits per heavy atom. The maximum absolute atomic E-state index is 4.24. The molecule has 0 saturated carbocycles. The normalized spacial score (nSPS) is 10.7. The summed E-state index contributed by atoms with van der Waals surface area (Å²) in [5, 5.41) is 8.42. The number of aromatic nitrogens is 3. The van der Waals surface area contributed by atoms with E-state index < -0.39 is 0 Å². The highest BCUT2D eigenvalue weighted by Crippen LogP contribution is 2.09. The number of hydrogen-bond donors (Lipinski definition) is 0. The third-order valence-corrected chi connectivity index (χ3v) is 3.35. The van der Waals surface area contributed by atoms with Crippen LogP contribution < -0.4 is 0 Å². The van der Waals surface area contributed by atoms with Gasteiger partial charge in [-0.25, -0.2) is 4.68 Å². The first-order chi connectivity index (χ1) is 9.81. The Labute approximate surface area is 118 Å². The van der Waals surface area contributed by atoms with Crippen LogP contribution in [-0.2, 0) is 12.8 Å². The molecular weight excluding hydrogens is 246 g/mol. The van der Waals surface area contributed by atoms with Gasteiger partial charge in [0.15, 0.2) is 0 Å². The van der Waals surface area contributed by atoms with Gasteiger partial charge in [0.25, 0.3) is 0 Å². The van der Waals surface area contributed by atoms with Crippen molar-refractivity contribution < 1.29 is 0 Å². The van der Waals surface area contributed by atoms with Crippen LogP contribution in [0.15, 0.2) is 60.8 Å². The minimum Gasteiger partial charge on any atom is -0.220 e. The maximum atomic E-state index is 4.24. The molecule has 0 aliphatic rings. The van der Waals surface area contributed by atoms with Crippen LogP contribution in [0, 0.1) is 6.92 Å². The van der Waals surface area contributed by atoms with Gasteiger partial charge in [0.2, 0.25) is 0 Å². The van der Waals surface area contributed by atoms with Gasteiger partial charge >= 0.3 is 0 Å². The molecule has 3 aromatic rings. The fraction of sp³-hybridized carbons (Fsp3) is 0.176. The molecule has 0 spiro atoms. The highest BCUT2D eigenvalue weighted by molar-refractivity contribution is 5.30. The molecule has 0 fully saturated rings. The monoisotopic (exact) mass is 263 g/mol. The van der Waals surface area contributed by atoms with Crippen LogP contribution in [0.3, 0.4) is 0 Å². The highest BCUT2D eigenvalue weighted by atomic mass is 15.4. The van der Waals surface area contributed by atoms with Crippen LogP contribution in [0.25, 0.3) is 5.69 Å². The highest BCUT2D eigenvalue weighted by Gasteiger charge is 2.03. The zero-order valence-corrected chi connectivity index (χ0v) is 11.5. The predicted octanol–water partition coefficient (Wildman–Crippen LogP) is 3.36. The lowest BCUT2D eigenvalue weighted by Crippen LogP contribution is -1.93. The van der Waals surface area contributed by atoms with E-state index in [0.717, 1.165) is 24.2 Å². The minimum absolute atomic E-state index is 0.913. The van der Waals surface area contributed by atoms with Crippen molar-refractivity contribution in [1.82, 2.24) is 15.0 Å². The van der Waals surface area contributed by atoms with Crippen molar-refractivity contribution in [2.75, 3.05) is 0 Å². The summed E-state index contributed by atoms with van der Waals surface area (Å²) in [6, 6.07) is 18.7. The molecule has 20 heavy (non-hydrogen) atoms. The quantitative estimate of drug-likeness (QED) is 0.722. The second-order valence-corrected chi connectivity index (χ2v) is 4.98. The van der Waals surface area contributed by atoms with E-state index >= 15 is 0 Å². The van der Waals surface area contributed by atoms with Crippen molar-refractivity contribution >= 4 is 0 Å². The van der Waals surface area contributed by atoms with E-state index in [1.807, 2.05) is 41.2 Å². The van der Waals surface area contributed by atoms with Crippen LogP contribution in [0.5, 0.6) is 0 Å². The third kappa shape index (κ3) is 2.94. The first-order valence-corrected chi connectivity index (χ1v) is 6.83. The molecule has 0 radical (unpaired) electrons. The maximum Gasteiger partial charge on any atom is 0.0835 e. The van der Waals surface area contributed by atoms with Crippen molar-refractivity contribution in [2.24, 2.45) is 0 Å². The number of para-hydroxylation sites is 1. The number of nitrogens with zero attached hydrogens (tertiary/aromatic N) is 3. The van der Waals surface area contributed by atoms with Gasteiger partial charge < -0.3 is 0 Å². The number of aryl methyl sites for hydroxylation is 3. The second-order valence-electron chi connectivity index (χ2n) is 4.98. The molecule has 0 amide bonds. The molecule has 1 aromatic heterocycles.